The van der Waals surface area contributed by atoms with Gasteiger partial charge in [-0.3, -0.25) is 0 Å². The number of esters is 1. The third kappa shape index (κ3) is 1.42. The Morgan fingerprint density at radius 3 is 2.82 bits per heavy atom. The van der Waals surface area contributed by atoms with Crippen molar-refractivity contribution in [3.05, 3.63) is 30.3 Å². The fraction of sp³-hybridized carbons (Fsp3) is 0.500. The predicted octanol–water partition coefficient (Wildman–Crippen LogP) is 1.39. The summed E-state index contributed by atoms with van der Waals surface area (Å²) < 4.78 is 7.04. The molecular formula is C14H14O2Se. The average molecular weight is 293 g/mol. The van der Waals surface area contributed by atoms with E-state index in [-0.39, 0.29) is 18.0 Å². The van der Waals surface area contributed by atoms with Gasteiger partial charge in [-0.2, -0.15) is 0 Å². The molecule has 4 rings (SSSR count). The van der Waals surface area contributed by atoms with Crippen molar-refractivity contribution in [1.82, 2.24) is 0 Å². The third-order valence-electron chi connectivity index (χ3n) is 4.43. The first-order valence-electron chi connectivity index (χ1n) is 6.25. The molecule has 1 aromatic rings. The molecule has 3 heteroatoms. The summed E-state index contributed by atoms with van der Waals surface area (Å²) in [5.74, 6) is 1.66. The molecule has 17 heavy (non-hydrogen) atoms. The third-order valence-corrected chi connectivity index (χ3v) is 7.51. The maximum absolute atomic E-state index is 11.7. The molecule has 1 heterocycles. The van der Waals surface area contributed by atoms with Crippen LogP contribution in [0.1, 0.15) is 12.8 Å². The van der Waals surface area contributed by atoms with E-state index in [0.717, 1.165) is 12.3 Å². The summed E-state index contributed by atoms with van der Waals surface area (Å²) in [6.07, 6.45) is 2.59. The Morgan fingerprint density at radius 1 is 1.18 bits per heavy atom. The second-order valence-corrected chi connectivity index (χ2v) is 7.92. The van der Waals surface area contributed by atoms with Gasteiger partial charge >= 0.3 is 107 Å². The Morgan fingerprint density at radius 2 is 2.00 bits per heavy atom. The number of hydrogen-bond acceptors (Lipinski definition) is 2. The van der Waals surface area contributed by atoms with Crippen molar-refractivity contribution >= 4 is 25.4 Å². The molecule has 0 radical (unpaired) electrons. The summed E-state index contributed by atoms with van der Waals surface area (Å²) >= 11 is 0.459. The van der Waals surface area contributed by atoms with E-state index in [1.54, 1.807) is 0 Å². The first-order valence-corrected chi connectivity index (χ1v) is 8.10. The van der Waals surface area contributed by atoms with E-state index in [4.69, 9.17) is 4.74 Å². The van der Waals surface area contributed by atoms with Crippen LogP contribution in [-0.4, -0.2) is 27.0 Å². The van der Waals surface area contributed by atoms with Crippen molar-refractivity contribution in [2.75, 3.05) is 0 Å². The topological polar surface area (TPSA) is 26.3 Å². The zero-order valence-corrected chi connectivity index (χ0v) is 11.1. The van der Waals surface area contributed by atoms with Gasteiger partial charge in [0.1, 0.15) is 0 Å². The van der Waals surface area contributed by atoms with Crippen LogP contribution in [0.2, 0.25) is 4.82 Å². The number of carbonyl (C=O) groups is 1. The Balaban J connectivity index is 1.59. The summed E-state index contributed by atoms with van der Waals surface area (Å²) in [5, 5.41) is 0. The molecule has 3 fully saturated rings. The Hall–Kier alpha value is -0.791. The Labute approximate surface area is 107 Å². The van der Waals surface area contributed by atoms with Crippen LogP contribution >= 0.6 is 0 Å². The van der Waals surface area contributed by atoms with E-state index in [1.807, 2.05) is 0 Å². The molecule has 88 valence electrons. The van der Waals surface area contributed by atoms with E-state index < -0.39 is 0 Å². The van der Waals surface area contributed by atoms with Gasteiger partial charge in [-0.15, -0.1) is 0 Å². The van der Waals surface area contributed by atoms with Crippen LogP contribution in [0.25, 0.3) is 0 Å². The van der Waals surface area contributed by atoms with Gasteiger partial charge in [0.15, 0.2) is 0 Å². The minimum atomic E-state index is 0.0915. The number of rotatable bonds is 2. The van der Waals surface area contributed by atoms with Crippen molar-refractivity contribution in [1.29, 1.82) is 0 Å². The molecule has 0 spiro atoms. The van der Waals surface area contributed by atoms with Gasteiger partial charge in [0, 0.05) is 0 Å². The van der Waals surface area contributed by atoms with Gasteiger partial charge in [0.2, 0.25) is 0 Å². The van der Waals surface area contributed by atoms with Crippen molar-refractivity contribution in [3.8, 4) is 0 Å². The molecule has 2 nitrogen and oxygen atoms in total. The summed E-state index contributed by atoms with van der Waals surface area (Å²) in [5.41, 5.74) is 0. The molecule has 0 amide bonds. The van der Waals surface area contributed by atoms with Crippen molar-refractivity contribution in [2.24, 2.45) is 17.8 Å². The van der Waals surface area contributed by atoms with Crippen molar-refractivity contribution < 1.29 is 9.53 Å². The monoisotopic (exact) mass is 294 g/mol. The molecule has 3 aliphatic rings. The van der Waals surface area contributed by atoms with Crippen LogP contribution < -0.4 is 4.46 Å². The molecule has 1 aliphatic heterocycles. The standard InChI is InChI=1S/C14H14O2Se/c15-14-11-7-8-6-10(11)12(16-14)13(8)17-9-4-2-1-3-5-9/h1-5,8,10-13H,6-7H2/t8-,10+,11-,12-,13-/m1/s1. The first kappa shape index (κ1) is 10.2. The summed E-state index contributed by atoms with van der Waals surface area (Å²) in [4.78, 5) is 12.3. The van der Waals surface area contributed by atoms with Gasteiger partial charge in [-0.1, -0.05) is 0 Å². The van der Waals surface area contributed by atoms with Crippen LogP contribution in [0.4, 0.5) is 0 Å². The minimum absolute atomic E-state index is 0.0915. The summed E-state index contributed by atoms with van der Waals surface area (Å²) in [7, 11) is 0. The quantitative estimate of drug-likeness (QED) is 0.608. The zero-order valence-electron chi connectivity index (χ0n) is 9.41. The normalized spacial score (nSPS) is 41.9. The van der Waals surface area contributed by atoms with Gasteiger partial charge in [0.05, 0.1) is 0 Å². The van der Waals surface area contributed by atoms with Crippen LogP contribution in [0.3, 0.4) is 0 Å². The SMILES string of the molecule is O=C1O[C@@H]2[C@H]3C[C@H](C[C@@H]13)[C@H]2[Se]c1ccccc1. The summed E-state index contributed by atoms with van der Waals surface area (Å²) in [6.45, 7) is 0. The van der Waals surface area contributed by atoms with Gasteiger partial charge < -0.3 is 0 Å². The second-order valence-electron chi connectivity index (χ2n) is 5.30. The summed E-state index contributed by atoms with van der Waals surface area (Å²) in [6, 6.07) is 10.7. The van der Waals surface area contributed by atoms with E-state index in [0.29, 0.717) is 25.7 Å². The molecule has 0 unspecified atom stereocenters. The second kappa shape index (κ2) is 3.60. The van der Waals surface area contributed by atoms with Crippen LogP contribution in [0.15, 0.2) is 30.3 Å². The molecular weight excluding hydrogens is 279 g/mol. The molecule has 0 aromatic heterocycles. The van der Waals surface area contributed by atoms with E-state index in [2.05, 4.69) is 30.3 Å². The number of carbonyl (C=O) groups excluding carboxylic acids is 1. The number of fused-ring (bicyclic) bond motifs is 1. The molecule has 1 saturated heterocycles. The molecule has 2 aliphatic carbocycles. The van der Waals surface area contributed by atoms with Crippen LogP contribution in [-0.2, 0) is 9.53 Å². The van der Waals surface area contributed by atoms with Crippen molar-refractivity contribution in [2.45, 2.75) is 23.8 Å². The van der Waals surface area contributed by atoms with Gasteiger partial charge in [0.25, 0.3) is 0 Å². The fourth-order valence-corrected chi connectivity index (χ4v) is 6.73. The predicted molar refractivity (Wildman–Crippen MR) is 65.2 cm³/mol. The Kier molecular flexibility index (Phi) is 2.15. The molecule has 2 saturated carbocycles. The van der Waals surface area contributed by atoms with Gasteiger partial charge in [-0.05, 0) is 0 Å². The van der Waals surface area contributed by atoms with Crippen LogP contribution in [0.5, 0.6) is 0 Å². The number of ether oxygens (including phenoxy) is 1. The van der Waals surface area contributed by atoms with Crippen molar-refractivity contribution in [3.63, 3.8) is 0 Å². The number of benzene rings is 1. The Bertz CT molecular complexity index is 459. The van der Waals surface area contributed by atoms with E-state index >= 15 is 0 Å². The number of hydrogen-bond donors (Lipinski definition) is 0. The molecule has 1 aromatic carbocycles. The van der Waals surface area contributed by atoms with Crippen LogP contribution in [0, 0.1) is 17.8 Å². The first-order chi connectivity index (χ1) is 8.33. The molecule has 2 bridgehead atoms. The van der Waals surface area contributed by atoms with E-state index in [1.165, 1.54) is 10.9 Å². The average Bonchev–Trinajstić information content (AvgIpc) is 2.95. The molecule has 0 N–H and O–H groups in total. The zero-order chi connectivity index (χ0) is 11.4. The maximum atomic E-state index is 11.7. The van der Waals surface area contributed by atoms with Gasteiger partial charge in [-0.25, -0.2) is 0 Å². The fourth-order valence-electron chi connectivity index (χ4n) is 3.72. The van der Waals surface area contributed by atoms with E-state index in [9.17, 15) is 4.79 Å². The molecule has 5 atom stereocenters.